The van der Waals surface area contributed by atoms with Crippen molar-refractivity contribution in [3.05, 3.63) is 63.4 Å². The first-order chi connectivity index (χ1) is 9.41. The van der Waals surface area contributed by atoms with Crippen LogP contribution in [0.4, 0.5) is 22.0 Å². The van der Waals surface area contributed by atoms with E-state index < -0.39 is 34.8 Å². The molecule has 0 aliphatic rings. The molecule has 0 atom stereocenters. The molecule has 0 unspecified atom stereocenters. The molecular formula is C13H6BrF5O. The third-order valence-corrected chi connectivity index (χ3v) is 2.93. The van der Waals surface area contributed by atoms with Crippen LogP contribution in [0.1, 0.15) is 5.56 Å². The molecule has 1 nitrogen and oxygen atoms in total. The molecule has 0 spiro atoms. The zero-order chi connectivity index (χ0) is 14.9. The van der Waals surface area contributed by atoms with Gasteiger partial charge in [-0.15, -0.1) is 0 Å². The van der Waals surface area contributed by atoms with Crippen molar-refractivity contribution >= 4 is 15.9 Å². The molecule has 0 aromatic heterocycles. The van der Waals surface area contributed by atoms with E-state index in [2.05, 4.69) is 15.9 Å². The van der Waals surface area contributed by atoms with Gasteiger partial charge in [0.15, 0.2) is 5.75 Å². The predicted octanol–water partition coefficient (Wildman–Crippen LogP) is 4.72. The number of rotatable bonds is 3. The molecule has 0 aliphatic heterocycles. The van der Waals surface area contributed by atoms with Crippen LogP contribution in [0.15, 0.2) is 28.7 Å². The standard InChI is InChI=1S/C13H6BrF5O/c14-7-3-1-2-6(4-7)5-20-13-11(18)9(16)8(15)10(17)12(13)19/h1-4H,5H2. The van der Waals surface area contributed by atoms with Gasteiger partial charge in [-0.1, -0.05) is 28.1 Å². The van der Waals surface area contributed by atoms with E-state index in [4.69, 9.17) is 4.74 Å². The van der Waals surface area contributed by atoms with Crippen molar-refractivity contribution in [2.45, 2.75) is 6.61 Å². The summed E-state index contributed by atoms with van der Waals surface area (Å²) in [7, 11) is 0. The number of benzene rings is 2. The predicted molar refractivity (Wildman–Crippen MR) is 64.7 cm³/mol. The van der Waals surface area contributed by atoms with Crippen LogP contribution in [0.25, 0.3) is 0 Å². The lowest BCUT2D eigenvalue weighted by Gasteiger charge is -2.10. The maximum absolute atomic E-state index is 13.3. The Morgan fingerprint density at radius 3 is 1.95 bits per heavy atom. The van der Waals surface area contributed by atoms with Gasteiger partial charge in [0.2, 0.25) is 29.1 Å². The van der Waals surface area contributed by atoms with E-state index >= 15 is 0 Å². The summed E-state index contributed by atoms with van der Waals surface area (Å²) in [5.41, 5.74) is 0.503. The van der Waals surface area contributed by atoms with Crippen LogP contribution in [-0.4, -0.2) is 0 Å². The summed E-state index contributed by atoms with van der Waals surface area (Å²) < 4.78 is 70.8. The zero-order valence-corrected chi connectivity index (χ0v) is 11.3. The van der Waals surface area contributed by atoms with Crippen LogP contribution >= 0.6 is 15.9 Å². The lowest BCUT2D eigenvalue weighted by atomic mass is 10.2. The quantitative estimate of drug-likeness (QED) is 0.441. The van der Waals surface area contributed by atoms with E-state index in [0.717, 1.165) is 0 Å². The van der Waals surface area contributed by atoms with Gasteiger partial charge in [0.25, 0.3) is 0 Å². The average Bonchev–Trinajstić information content (AvgIpc) is 2.43. The largest absolute Gasteiger partial charge is 0.483 e. The minimum absolute atomic E-state index is 0.336. The molecule has 0 N–H and O–H groups in total. The highest BCUT2D eigenvalue weighted by molar-refractivity contribution is 9.10. The smallest absolute Gasteiger partial charge is 0.207 e. The van der Waals surface area contributed by atoms with Crippen LogP contribution in [-0.2, 0) is 6.61 Å². The molecule has 20 heavy (non-hydrogen) atoms. The van der Waals surface area contributed by atoms with Crippen molar-refractivity contribution in [2.24, 2.45) is 0 Å². The summed E-state index contributed by atoms with van der Waals surface area (Å²) >= 11 is 3.18. The molecular weight excluding hydrogens is 347 g/mol. The summed E-state index contributed by atoms with van der Waals surface area (Å²) in [6.45, 7) is -0.336. The summed E-state index contributed by atoms with van der Waals surface area (Å²) in [4.78, 5) is 0. The van der Waals surface area contributed by atoms with Crippen molar-refractivity contribution in [1.82, 2.24) is 0 Å². The Bertz CT molecular complexity index is 630. The fraction of sp³-hybridized carbons (Fsp3) is 0.0769. The maximum Gasteiger partial charge on any atom is 0.207 e. The Hall–Kier alpha value is -1.63. The third kappa shape index (κ3) is 2.77. The van der Waals surface area contributed by atoms with Gasteiger partial charge in [-0.2, -0.15) is 8.78 Å². The van der Waals surface area contributed by atoms with Crippen molar-refractivity contribution in [2.75, 3.05) is 0 Å². The van der Waals surface area contributed by atoms with Crippen LogP contribution in [0.2, 0.25) is 0 Å². The van der Waals surface area contributed by atoms with E-state index in [1.807, 2.05) is 0 Å². The van der Waals surface area contributed by atoms with E-state index in [0.29, 0.717) is 10.0 Å². The van der Waals surface area contributed by atoms with E-state index in [-0.39, 0.29) is 6.61 Å². The van der Waals surface area contributed by atoms with Crippen molar-refractivity contribution in [1.29, 1.82) is 0 Å². The van der Waals surface area contributed by atoms with Crippen molar-refractivity contribution in [3.8, 4) is 5.75 Å². The molecule has 7 heteroatoms. The van der Waals surface area contributed by atoms with Gasteiger partial charge in [0.1, 0.15) is 6.61 Å². The molecule has 0 saturated heterocycles. The van der Waals surface area contributed by atoms with Gasteiger partial charge < -0.3 is 4.74 Å². The molecule has 106 valence electrons. The highest BCUT2D eigenvalue weighted by atomic mass is 79.9. The van der Waals surface area contributed by atoms with E-state index in [1.165, 1.54) is 0 Å². The molecule has 0 aliphatic carbocycles. The maximum atomic E-state index is 13.3. The first-order valence-corrected chi connectivity index (χ1v) is 6.09. The second-order valence-corrected chi connectivity index (χ2v) is 4.73. The Kier molecular flexibility index (Phi) is 4.27. The number of ether oxygens (including phenoxy) is 1. The van der Waals surface area contributed by atoms with Gasteiger partial charge >= 0.3 is 0 Å². The number of halogens is 6. The first kappa shape index (κ1) is 14.8. The monoisotopic (exact) mass is 352 g/mol. The third-order valence-electron chi connectivity index (χ3n) is 2.44. The SMILES string of the molecule is Fc1c(F)c(F)c(OCc2cccc(Br)c2)c(F)c1F. The fourth-order valence-electron chi connectivity index (χ4n) is 1.49. The average molecular weight is 353 g/mol. The highest BCUT2D eigenvalue weighted by Gasteiger charge is 2.26. The zero-order valence-electron chi connectivity index (χ0n) is 9.69. The summed E-state index contributed by atoms with van der Waals surface area (Å²) in [5, 5.41) is 0. The van der Waals surface area contributed by atoms with Gasteiger partial charge in [0, 0.05) is 4.47 Å². The second kappa shape index (κ2) is 5.78. The van der Waals surface area contributed by atoms with Crippen LogP contribution in [0.5, 0.6) is 5.75 Å². The highest BCUT2D eigenvalue weighted by Crippen LogP contribution is 2.29. The molecule has 0 bridgehead atoms. The van der Waals surface area contributed by atoms with Crippen LogP contribution < -0.4 is 4.74 Å². The summed E-state index contributed by atoms with van der Waals surface area (Å²) in [6, 6.07) is 6.52. The van der Waals surface area contributed by atoms with Gasteiger partial charge in [-0.05, 0) is 17.7 Å². The normalized spacial score (nSPS) is 10.7. The number of hydrogen-bond acceptors (Lipinski definition) is 1. The Labute approximate surface area is 119 Å². The van der Waals surface area contributed by atoms with Crippen LogP contribution in [0, 0.1) is 29.1 Å². The van der Waals surface area contributed by atoms with Crippen LogP contribution in [0.3, 0.4) is 0 Å². The summed E-state index contributed by atoms with van der Waals surface area (Å²) in [5.74, 6) is -11.6. The molecule has 0 heterocycles. The lowest BCUT2D eigenvalue weighted by Crippen LogP contribution is -2.07. The van der Waals surface area contributed by atoms with E-state index in [9.17, 15) is 22.0 Å². The minimum atomic E-state index is -2.21. The molecule has 2 rings (SSSR count). The summed E-state index contributed by atoms with van der Waals surface area (Å²) in [6.07, 6.45) is 0. The fourth-order valence-corrected chi connectivity index (χ4v) is 1.94. The lowest BCUT2D eigenvalue weighted by molar-refractivity contribution is 0.253. The van der Waals surface area contributed by atoms with Crippen molar-refractivity contribution < 1.29 is 26.7 Å². The van der Waals surface area contributed by atoms with Gasteiger partial charge in [-0.3, -0.25) is 0 Å². The topological polar surface area (TPSA) is 9.23 Å². The van der Waals surface area contributed by atoms with Crippen molar-refractivity contribution in [3.63, 3.8) is 0 Å². The molecule has 0 radical (unpaired) electrons. The molecule has 0 saturated carbocycles. The number of hydrogen-bond donors (Lipinski definition) is 0. The Balaban J connectivity index is 2.30. The molecule has 0 fully saturated rings. The Morgan fingerprint density at radius 2 is 1.40 bits per heavy atom. The van der Waals surface area contributed by atoms with Gasteiger partial charge in [0.05, 0.1) is 0 Å². The van der Waals surface area contributed by atoms with E-state index in [1.54, 1.807) is 24.3 Å². The molecule has 0 amide bonds. The molecule has 2 aromatic carbocycles. The first-order valence-electron chi connectivity index (χ1n) is 5.30. The second-order valence-electron chi connectivity index (χ2n) is 3.82. The minimum Gasteiger partial charge on any atom is -0.483 e. The van der Waals surface area contributed by atoms with Gasteiger partial charge in [-0.25, -0.2) is 13.2 Å². The Morgan fingerprint density at radius 1 is 0.850 bits per heavy atom. The molecule has 2 aromatic rings.